The van der Waals surface area contributed by atoms with Gasteiger partial charge in [0.05, 0.1) is 0 Å². The fourth-order valence-electron chi connectivity index (χ4n) is 0.261. The summed E-state index contributed by atoms with van der Waals surface area (Å²) in [5, 5.41) is 3.03. The first-order valence-electron chi connectivity index (χ1n) is 2.39. The van der Waals surface area contributed by atoms with Crippen molar-refractivity contribution < 1.29 is 4.79 Å². The first-order chi connectivity index (χ1) is 4.48. The number of hydrogen-bond acceptors (Lipinski definition) is 1. The highest BCUT2D eigenvalue weighted by atomic mass is 79.9. The summed E-state index contributed by atoms with van der Waals surface area (Å²) in [4.78, 5) is 10.7. The summed E-state index contributed by atoms with van der Waals surface area (Å²) in [6.07, 6.45) is 0. The summed E-state index contributed by atoms with van der Waals surface area (Å²) < 4.78 is -1.85. The Hall–Kier alpha value is 0.820. The number of halogens is 4. The maximum absolute atomic E-state index is 10.7. The van der Waals surface area contributed by atoms with Gasteiger partial charge < -0.3 is 5.32 Å². The Morgan fingerprint density at radius 2 is 2.00 bits per heavy atom. The van der Waals surface area contributed by atoms with Crippen LogP contribution in [0.3, 0.4) is 0 Å². The van der Waals surface area contributed by atoms with E-state index in [-0.39, 0.29) is 0 Å². The van der Waals surface area contributed by atoms with E-state index in [0.717, 1.165) is 0 Å². The minimum atomic E-state index is -1.85. The van der Waals surface area contributed by atoms with Crippen LogP contribution in [0.25, 0.3) is 0 Å². The minimum Gasteiger partial charge on any atom is -0.352 e. The van der Waals surface area contributed by atoms with Gasteiger partial charge in [0.1, 0.15) is 0 Å². The molecule has 0 rings (SSSR count). The molecule has 0 aliphatic heterocycles. The molecule has 0 unspecified atom stereocenters. The van der Waals surface area contributed by atoms with Crippen molar-refractivity contribution in [2.75, 3.05) is 11.9 Å². The minimum absolute atomic E-state index is 0.451. The van der Waals surface area contributed by atoms with Crippen LogP contribution in [0.4, 0.5) is 0 Å². The number of nitrogens with one attached hydrogen (secondary N) is 1. The molecule has 0 saturated heterocycles. The molecule has 1 amide bonds. The average Bonchev–Trinajstić information content (AvgIpc) is 1.80. The quantitative estimate of drug-likeness (QED) is 0.762. The van der Waals surface area contributed by atoms with Gasteiger partial charge in [0.2, 0.25) is 0 Å². The Kier molecular flexibility index (Phi) is 5.03. The van der Waals surface area contributed by atoms with E-state index < -0.39 is 9.70 Å². The summed E-state index contributed by atoms with van der Waals surface area (Å²) >= 11 is 18.8. The first-order valence-corrected chi connectivity index (χ1v) is 4.65. The van der Waals surface area contributed by atoms with Gasteiger partial charge in [0.15, 0.2) is 0 Å². The average molecular weight is 269 g/mol. The van der Waals surface area contributed by atoms with Crippen LogP contribution in [-0.4, -0.2) is 21.6 Å². The van der Waals surface area contributed by atoms with E-state index >= 15 is 0 Å². The molecule has 0 fully saturated rings. The van der Waals surface area contributed by atoms with Crippen LogP contribution in [0.1, 0.15) is 0 Å². The van der Waals surface area contributed by atoms with Crippen molar-refractivity contribution in [3.63, 3.8) is 0 Å². The highest BCUT2D eigenvalue weighted by Crippen LogP contribution is 2.25. The maximum Gasteiger partial charge on any atom is 0.272 e. The van der Waals surface area contributed by atoms with Crippen LogP contribution in [0, 0.1) is 0 Å². The van der Waals surface area contributed by atoms with Crippen molar-refractivity contribution in [1.82, 2.24) is 5.32 Å². The third-order valence-corrected chi connectivity index (χ3v) is 1.55. The molecular formula is C4H5BrCl3NO. The van der Waals surface area contributed by atoms with E-state index in [1.807, 2.05) is 0 Å². The number of carbonyl (C=O) groups excluding carboxylic acids is 1. The van der Waals surface area contributed by atoms with Gasteiger partial charge in [-0.15, -0.1) is 0 Å². The maximum atomic E-state index is 10.7. The molecule has 0 heterocycles. The third kappa shape index (κ3) is 4.61. The predicted octanol–water partition coefficient (Wildman–Crippen LogP) is 1.87. The van der Waals surface area contributed by atoms with Gasteiger partial charge in [-0.25, -0.2) is 0 Å². The molecule has 2 nitrogen and oxygen atoms in total. The Morgan fingerprint density at radius 1 is 1.50 bits per heavy atom. The Bertz CT molecular complexity index is 124. The monoisotopic (exact) mass is 267 g/mol. The summed E-state index contributed by atoms with van der Waals surface area (Å²) in [5.41, 5.74) is 0. The molecule has 0 spiro atoms. The molecule has 0 bridgehead atoms. The van der Waals surface area contributed by atoms with Crippen molar-refractivity contribution >= 4 is 56.6 Å². The molecule has 10 heavy (non-hydrogen) atoms. The van der Waals surface area contributed by atoms with Crippen LogP contribution in [0.15, 0.2) is 0 Å². The first kappa shape index (κ1) is 10.8. The molecule has 0 aromatic heterocycles. The zero-order valence-electron chi connectivity index (χ0n) is 4.83. The van der Waals surface area contributed by atoms with Crippen molar-refractivity contribution in [3.8, 4) is 0 Å². The van der Waals surface area contributed by atoms with Crippen LogP contribution in [0.2, 0.25) is 0 Å². The second kappa shape index (κ2) is 4.65. The molecular weight excluding hydrogens is 264 g/mol. The fraction of sp³-hybridized carbons (Fsp3) is 0.750. The van der Waals surface area contributed by atoms with E-state index in [9.17, 15) is 4.79 Å². The van der Waals surface area contributed by atoms with Crippen molar-refractivity contribution in [1.29, 1.82) is 0 Å². The lowest BCUT2D eigenvalue weighted by Crippen LogP contribution is -2.35. The van der Waals surface area contributed by atoms with E-state index in [1.54, 1.807) is 0 Å². The van der Waals surface area contributed by atoms with E-state index in [1.165, 1.54) is 0 Å². The smallest absolute Gasteiger partial charge is 0.272 e. The lowest BCUT2D eigenvalue weighted by atomic mass is 10.6. The summed E-state index contributed by atoms with van der Waals surface area (Å²) in [6.45, 7) is 0.451. The van der Waals surface area contributed by atoms with E-state index in [4.69, 9.17) is 34.8 Å². The molecule has 0 aromatic rings. The number of carbonyl (C=O) groups is 1. The predicted molar refractivity (Wildman–Crippen MR) is 47.1 cm³/mol. The van der Waals surface area contributed by atoms with Gasteiger partial charge >= 0.3 is 0 Å². The molecule has 0 aliphatic carbocycles. The number of hydrogen-bond donors (Lipinski definition) is 1. The highest BCUT2D eigenvalue weighted by Gasteiger charge is 2.29. The zero-order chi connectivity index (χ0) is 8.20. The van der Waals surface area contributed by atoms with Crippen molar-refractivity contribution in [2.45, 2.75) is 3.79 Å². The Morgan fingerprint density at radius 3 is 2.30 bits per heavy atom. The molecule has 0 radical (unpaired) electrons. The Labute approximate surface area is 82.3 Å². The second-order valence-corrected chi connectivity index (χ2v) is 4.52. The molecule has 0 aliphatic rings. The van der Waals surface area contributed by atoms with Gasteiger partial charge in [-0.05, 0) is 0 Å². The van der Waals surface area contributed by atoms with Gasteiger partial charge in [0.25, 0.3) is 9.70 Å². The van der Waals surface area contributed by atoms with Crippen LogP contribution >= 0.6 is 50.7 Å². The molecule has 60 valence electrons. The van der Waals surface area contributed by atoms with Gasteiger partial charge in [-0.3, -0.25) is 4.79 Å². The summed E-state index contributed by atoms with van der Waals surface area (Å²) in [7, 11) is 0. The standard InChI is InChI=1S/C4H5BrCl3NO/c5-1-2-9-3(10)4(6,7)8/h1-2H2,(H,9,10). The van der Waals surface area contributed by atoms with Gasteiger partial charge in [-0.1, -0.05) is 50.7 Å². The molecule has 0 atom stereocenters. The lowest BCUT2D eigenvalue weighted by molar-refractivity contribution is -0.120. The molecule has 0 saturated carbocycles. The number of alkyl halides is 4. The Balaban J connectivity index is 3.64. The van der Waals surface area contributed by atoms with E-state index in [2.05, 4.69) is 21.2 Å². The largest absolute Gasteiger partial charge is 0.352 e. The van der Waals surface area contributed by atoms with Gasteiger partial charge in [-0.2, -0.15) is 0 Å². The van der Waals surface area contributed by atoms with E-state index in [0.29, 0.717) is 11.9 Å². The fourth-order valence-corrected chi connectivity index (χ4v) is 0.660. The lowest BCUT2D eigenvalue weighted by Gasteiger charge is -2.09. The molecule has 0 aromatic carbocycles. The van der Waals surface area contributed by atoms with Crippen molar-refractivity contribution in [3.05, 3.63) is 0 Å². The number of rotatable bonds is 2. The summed E-state index contributed by atoms with van der Waals surface area (Å²) in [6, 6.07) is 0. The number of amides is 1. The topological polar surface area (TPSA) is 29.1 Å². The van der Waals surface area contributed by atoms with Crippen LogP contribution < -0.4 is 5.32 Å². The second-order valence-electron chi connectivity index (χ2n) is 1.44. The SMILES string of the molecule is O=C(NCCBr)C(Cl)(Cl)Cl. The zero-order valence-corrected chi connectivity index (χ0v) is 8.69. The third-order valence-electron chi connectivity index (χ3n) is 0.638. The summed E-state index contributed by atoms with van der Waals surface area (Å²) in [5.74, 6) is -0.600. The molecule has 1 N–H and O–H groups in total. The normalized spacial score (nSPS) is 11.2. The van der Waals surface area contributed by atoms with Gasteiger partial charge in [0, 0.05) is 11.9 Å². The molecule has 6 heteroatoms. The van der Waals surface area contributed by atoms with Crippen LogP contribution in [-0.2, 0) is 4.79 Å². The highest BCUT2D eigenvalue weighted by molar-refractivity contribution is 9.09. The van der Waals surface area contributed by atoms with Crippen molar-refractivity contribution in [2.24, 2.45) is 0 Å². The van der Waals surface area contributed by atoms with Crippen LogP contribution in [0.5, 0.6) is 0 Å².